The number of nitrogens with zero attached hydrogens (tertiary/aromatic N) is 3. The summed E-state index contributed by atoms with van der Waals surface area (Å²) in [7, 11) is 0. The lowest BCUT2D eigenvalue weighted by Crippen LogP contribution is -2.05. The maximum atomic E-state index is 10.2. The zero-order chi connectivity index (χ0) is 14.7. The Labute approximate surface area is 115 Å². The monoisotopic (exact) mass is 271 g/mol. The van der Waals surface area contributed by atoms with E-state index >= 15 is 0 Å². The Bertz CT molecular complexity index is 694. The Morgan fingerprint density at radius 1 is 1.35 bits per heavy atom. The number of anilines is 2. The van der Waals surface area contributed by atoms with Crippen LogP contribution in [0.5, 0.6) is 11.5 Å². The minimum atomic E-state index is -0.122. The number of hydrogen-bond acceptors (Lipinski definition) is 7. The molecule has 0 unspecified atom stereocenters. The van der Waals surface area contributed by atoms with Crippen LogP contribution < -0.4 is 16.2 Å². The van der Waals surface area contributed by atoms with Crippen molar-refractivity contribution < 1.29 is 9.84 Å². The Morgan fingerprint density at radius 2 is 2.10 bits per heavy atom. The van der Waals surface area contributed by atoms with Crippen LogP contribution in [0.3, 0.4) is 0 Å². The van der Waals surface area contributed by atoms with Crippen molar-refractivity contribution in [3.63, 3.8) is 0 Å². The quantitative estimate of drug-likeness (QED) is 0.766. The first-order chi connectivity index (χ1) is 9.58. The summed E-state index contributed by atoms with van der Waals surface area (Å²) in [6, 6.07) is 6.80. The molecule has 0 atom stereocenters. The molecule has 0 aliphatic rings. The van der Waals surface area contributed by atoms with E-state index in [2.05, 4.69) is 9.97 Å². The average molecular weight is 271 g/mol. The third kappa shape index (κ3) is 2.27. The summed E-state index contributed by atoms with van der Waals surface area (Å²) in [5.74, 6) is 0.0712. The van der Waals surface area contributed by atoms with Crippen LogP contribution in [-0.4, -0.2) is 21.7 Å². The second-order valence-corrected chi connectivity index (χ2v) is 3.89. The number of aromatic hydroxyl groups is 1. The number of aromatic nitrogens is 2. The second-order valence-electron chi connectivity index (χ2n) is 3.89. The van der Waals surface area contributed by atoms with E-state index in [0.29, 0.717) is 17.9 Å². The zero-order valence-corrected chi connectivity index (χ0v) is 10.8. The molecule has 1 aromatic heterocycles. The molecule has 2 rings (SSSR count). The van der Waals surface area contributed by atoms with Crippen LogP contribution >= 0.6 is 0 Å². The highest BCUT2D eigenvalue weighted by Gasteiger charge is 2.18. The Morgan fingerprint density at radius 3 is 2.75 bits per heavy atom. The van der Waals surface area contributed by atoms with Gasteiger partial charge in [-0.25, -0.2) is 4.98 Å². The van der Waals surface area contributed by atoms with Gasteiger partial charge in [0.15, 0.2) is 11.5 Å². The van der Waals surface area contributed by atoms with Gasteiger partial charge < -0.3 is 21.3 Å². The molecule has 20 heavy (non-hydrogen) atoms. The van der Waals surface area contributed by atoms with Gasteiger partial charge in [-0.1, -0.05) is 6.07 Å². The van der Waals surface area contributed by atoms with Crippen molar-refractivity contribution >= 4 is 11.8 Å². The Hall–Kier alpha value is -3.01. The molecule has 2 aromatic rings. The molecule has 7 heteroatoms. The number of rotatable bonds is 3. The fourth-order valence-electron chi connectivity index (χ4n) is 1.79. The van der Waals surface area contributed by atoms with E-state index in [4.69, 9.17) is 21.5 Å². The van der Waals surface area contributed by atoms with Crippen molar-refractivity contribution in [2.45, 2.75) is 6.92 Å². The molecule has 5 N–H and O–H groups in total. The van der Waals surface area contributed by atoms with Gasteiger partial charge in [0.25, 0.3) is 0 Å². The average Bonchev–Trinajstić information content (AvgIpc) is 2.40. The van der Waals surface area contributed by atoms with Crippen LogP contribution in [0.2, 0.25) is 0 Å². The Balaban J connectivity index is 2.69. The van der Waals surface area contributed by atoms with Crippen LogP contribution in [0.4, 0.5) is 11.8 Å². The van der Waals surface area contributed by atoms with Gasteiger partial charge in [0.05, 0.1) is 12.3 Å². The first kappa shape index (κ1) is 13.4. The van der Waals surface area contributed by atoms with Crippen LogP contribution in [0, 0.1) is 11.3 Å². The molecule has 0 aliphatic heterocycles. The standard InChI is InChI=1S/C13H13N5O2/c1-2-20-9-5-3-4-7(11(9)19)10-8(6-14)12(15)18-13(16)17-10/h3-5,19H,2H2,1H3,(H4,15,16,17,18). The van der Waals surface area contributed by atoms with Gasteiger partial charge in [-0.05, 0) is 19.1 Å². The summed E-state index contributed by atoms with van der Waals surface area (Å²) in [5.41, 5.74) is 11.7. The van der Waals surface area contributed by atoms with Gasteiger partial charge in [0, 0.05) is 5.56 Å². The number of nitriles is 1. The van der Waals surface area contributed by atoms with E-state index in [0.717, 1.165) is 0 Å². The van der Waals surface area contributed by atoms with Gasteiger partial charge in [-0.15, -0.1) is 0 Å². The molecule has 102 valence electrons. The van der Waals surface area contributed by atoms with Crippen molar-refractivity contribution in [3.8, 4) is 28.8 Å². The smallest absolute Gasteiger partial charge is 0.222 e. The summed E-state index contributed by atoms with van der Waals surface area (Å²) in [6.07, 6.45) is 0. The van der Waals surface area contributed by atoms with Crippen LogP contribution in [0.25, 0.3) is 11.3 Å². The van der Waals surface area contributed by atoms with E-state index in [1.165, 1.54) is 0 Å². The van der Waals surface area contributed by atoms with E-state index in [1.54, 1.807) is 25.1 Å². The van der Waals surface area contributed by atoms with Crippen LogP contribution in [-0.2, 0) is 0 Å². The predicted octanol–water partition coefficient (Wildman–Crippen LogP) is 1.28. The van der Waals surface area contributed by atoms with Gasteiger partial charge in [-0.3, -0.25) is 0 Å². The summed E-state index contributed by atoms with van der Waals surface area (Å²) >= 11 is 0. The lowest BCUT2D eigenvalue weighted by atomic mass is 10.1. The molecule has 0 spiro atoms. The number of nitrogens with two attached hydrogens (primary N) is 2. The SMILES string of the molecule is CCOc1cccc(-c2nc(N)nc(N)c2C#N)c1O. The molecular formula is C13H13N5O2. The van der Waals surface area contributed by atoms with Crippen molar-refractivity contribution in [1.82, 2.24) is 9.97 Å². The molecule has 0 amide bonds. The van der Waals surface area contributed by atoms with E-state index in [9.17, 15) is 5.11 Å². The van der Waals surface area contributed by atoms with Crippen LogP contribution in [0.15, 0.2) is 18.2 Å². The molecule has 0 bridgehead atoms. The van der Waals surface area contributed by atoms with Gasteiger partial charge in [0.2, 0.25) is 5.95 Å². The third-order valence-electron chi connectivity index (χ3n) is 2.62. The van der Waals surface area contributed by atoms with Crippen molar-refractivity contribution in [2.24, 2.45) is 0 Å². The zero-order valence-electron chi connectivity index (χ0n) is 10.8. The van der Waals surface area contributed by atoms with Crippen LogP contribution in [0.1, 0.15) is 12.5 Å². The largest absolute Gasteiger partial charge is 0.504 e. The number of para-hydroxylation sites is 1. The molecule has 0 aliphatic carbocycles. The summed E-state index contributed by atoms with van der Waals surface area (Å²) in [4.78, 5) is 7.71. The van der Waals surface area contributed by atoms with E-state index in [-0.39, 0.29) is 28.8 Å². The number of phenols is 1. The molecule has 7 nitrogen and oxygen atoms in total. The van der Waals surface area contributed by atoms with E-state index < -0.39 is 0 Å². The molecule has 0 saturated heterocycles. The summed E-state index contributed by atoms with van der Waals surface area (Å²) in [5, 5.41) is 19.3. The first-order valence-corrected chi connectivity index (χ1v) is 5.86. The fraction of sp³-hybridized carbons (Fsp3) is 0.154. The first-order valence-electron chi connectivity index (χ1n) is 5.86. The highest BCUT2D eigenvalue weighted by molar-refractivity contribution is 5.78. The maximum absolute atomic E-state index is 10.2. The fourth-order valence-corrected chi connectivity index (χ4v) is 1.79. The molecule has 0 fully saturated rings. The minimum absolute atomic E-state index is 0.0313. The van der Waals surface area contributed by atoms with Crippen molar-refractivity contribution in [2.75, 3.05) is 18.1 Å². The topological polar surface area (TPSA) is 131 Å². The van der Waals surface area contributed by atoms with Gasteiger partial charge in [-0.2, -0.15) is 10.2 Å². The highest BCUT2D eigenvalue weighted by atomic mass is 16.5. The van der Waals surface area contributed by atoms with Crippen molar-refractivity contribution in [3.05, 3.63) is 23.8 Å². The number of benzene rings is 1. The predicted molar refractivity (Wildman–Crippen MR) is 73.8 cm³/mol. The number of phenolic OH excluding ortho intramolecular Hbond substituents is 1. The van der Waals surface area contributed by atoms with Gasteiger partial charge in [0.1, 0.15) is 17.5 Å². The molecule has 1 heterocycles. The third-order valence-corrected chi connectivity index (χ3v) is 2.62. The van der Waals surface area contributed by atoms with Crippen molar-refractivity contribution in [1.29, 1.82) is 5.26 Å². The molecule has 1 aromatic carbocycles. The number of hydrogen-bond donors (Lipinski definition) is 3. The number of ether oxygens (including phenoxy) is 1. The summed E-state index contributed by atoms with van der Waals surface area (Å²) < 4.78 is 5.29. The van der Waals surface area contributed by atoms with Gasteiger partial charge >= 0.3 is 0 Å². The maximum Gasteiger partial charge on any atom is 0.222 e. The normalized spacial score (nSPS) is 10.0. The highest BCUT2D eigenvalue weighted by Crippen LogP contribution is 2.38. The van der Waals surface area contributed by atoms with E-state index in [1.807, 2.05) is 6.07 Å². The molecule has 0 saturated carbocycles. The second kappa shape index (κ2) is 5.32. The summed E-state index contributed by atoms with van der Waals surface area (Å²) in [6.45, 7) is 2.20. The lowest BCUT2D eigenvalue weighted by molar-refractivity contribution is 0.318. The number of nitrogen functional groups attached to an aromatic ring is 2. The lowest BCUT2D eigenvalue weighted by Gasteiger charge is -2.11. The minimum Gasteiger partial charge on any atom is -0.504 e. The molecule has 0 radical (unpaired) electrons. The Kier molecular flexibility index (Phi) is 3.57. The molecular weight excluding hydrogens is 258 g/mol.